The lowest BCUT2D eigenvalue weighted by Crippen LogP contribution is -2.67. The van der Waals surface area contributed by atoms with Crippen molar-refractivity contribution in [3.8, 4) is 0 Å². The molecule has 0 amide bonds. The molecule has 2 aliphatic carbocycles. The minimum atomic E-state index is 0.380. The molecule has 1 unspecified atom stereocenters. The van der Waals surface area contributed by atoms with E-state index in [-0.39, 0.29) is 0 Å². The zero-order valence-corrected chi connectivity index (χ0v) is 23.4. The van der Waals surface area contributed by atoms with Crippen LogP contribution in [0.5, 0.6) is 0 Å². The first kappa shape index (κ1) is 25.5. The van der Waals surface area contributed by atoms with Crippen LogP contribution in [0, 0.1) is 33.5 Å². The minimum Gasteiger partial charge on any atom is -0.297 e. The Morgan fingerprint density at radius 2 is 0.871 bits per heavy atom. The van der Waals surface area contributed by atoms with Gasteiger partial charge in [0.1, 0.15) is 0 Å². The zero-order chi connectivity index (χ0) is 23.7. The van der Waals surface area contributed by atoms with Crippen molar-refractivity contribution < 1.29 is 0 Å². The predicted molar refractivity (Wildman–Crippen MR) is 136 cm³/mol. The van der Waals surface area contributed by atoms with Gasteiger partial charge in [-0.3, -0.25) is 9.80 Å². The summed E-state index contributed by atoms with van der Waals surface area (Å²) in [6.07, 6.45) is 7.36. The monoisotopic (exact) mass is 432 g/mol. The van der Waals surface area contributed by atoms with Crippen LogP contribution in [-0.4, -0.2) is 47.1 Å². The molecule has 0 aromatic rings. The van der Waals surface area contributed by atoms with Gasteiger partial charge in [-0.15, -0.1) is 0 Å². The lowest BCUT2D eigenvalue weighted by atomic mass is 9.51. The van der Waals surface area contributed by atoms with E-state index in [4.69, 9.17) is 0 Å². The Labute approximate surface area is 195 Å². The predicted octanol–water partition coefficient (Wildman–Crippen LogP) is 7.48. The van der Waals surface area contributed by atoms with E-state index in [0.29, 0.717) is 27.3 Å². The third-order valence-corrected chi connectivity index (χ3v) is 9.51. The molecule has 0 aromatic heterocycles. The quantitative estimate of drug-likeness (QED) is 0.391. The average molecular weight is 433 g/mol. The van der Waals surface area contributed by atoms with E-state index in [1.165, 1.54) is 58.3 Å². The maximum absolute atomic E-state index is 2.65. The van der Waals surface area contributed by atoms with Crippen molar-refractivity contribution in [2.24, 2.45) is 33.5 Å². The van der Waals surface area contributed by atoms with Crippen LogP contribution in [0.1, 0.15) is 115 Å². The SMILES string of the molecule is CC(C)(C)C1CC2(C1)CN(C(C)(C)C)C2.CC(C)(C)C1CCC2(C1)CN(C(C)(C)C)C2. The molecule has 2 spiro atoms. The normalized spacial score (nSPS) is 29.2. The van der Waals surface area contributed by atoms with Gasteiger partial charge in [0.15, 0.2) is 0 Å². The summed E-state index contributed by atoms with van der Waals surface area (Å²) in [5.41, 5.74) is 3.25. The van der Waals surface area contributed by atoms with Crippen molar-refractivity contribution in [2.75, 3.05) is 26.2 Å². The lowest BCUT2D eigenvalue weighted by molar-refractivity contribution is -0.150. The van der Waals surface area contributed by atoms with Crippen molar-refractivity contribution in [1.29, 1.82) is 0 Å². The van der Waals surface area contributed by atoms with E-state index in [1.54, 1.807) is 0 Å². The summed E-state index contributed by atoms with van der Waals surface area (Å²) in [6, 6.07) is 0. The van der Waals surface area contributed by atoms with Gasteiger partial charge < -0.3 is 0 Å². The maximum Gasteiger partial charge on any atom is 0.0125 e. The zero-order valence-electron chi connectivity index (χ0n) is 23.4. The molecule has 0 radical (unpaired) electrons. The van der Waals surface area contributed by atoms with Gasteiger partial charge in [-0.1, -0.05) is 41.5 Å². The summed E-state index contributed by atoms with van der Waals surface area (Å²) in [5, 5.41) is 0. The molecule has 2 heteroatoms. The molecule has 0 N–H and O–H groups in total. The highest BCUT2D eigenvalue weighted by molar-refractivity contribution is 5.08. The van der Waals surface area contributed by atoms with Crippen LogP contribution < -0.4 is 0 Å². The van der Waals surface area contributed by atoms with Gasteiger partial charge in [-0.2, -0.15) is 0 Å². The van der Waals surface area contributed by atoms with E-state index in [0.717, 1.165) is 17.3 Å². The summed E-state index contributed by atoms with van der Waals surface area (Å²) >= 11 is 0. The van der Waals surface area contributed by atoms with Gasteiger partial charge in [0.05, 0.1) is 0 Å². The van der Waals surface area contributed by atoms with Crippen molar-refractivity contribution in [3.05, 3.63) is 0 Å². The third-order valence-electron chi connectivity index (χ3n) is 9.51. The lowest BCUT2D eigenvalue weighted by Gasteiger charge is -2.65. The summed E-state index contributed by atoms with van der Waals surface area (Å²) in [5.74, 6) is 1.93. The standard InChI is InChI=1S/C15H29N.C14H27N/c1-13(2,3)12-7-8-15(9-12)10-16(11-15)14(4,5)6;1-12(2,3)11-7-14(8-11)9-15(10-14)13(4,5)6/h12H,7-11H2,1-6H3;11H,7-10H2,1-6H3. The molecule has 4 aliphatic rings. The summed E-state index contributed by atoms with van der Waals surface area (Å²) in [7, 11) is 0. The van der Waals surface area contributed by atoms with E-state index in [2.05, 4.69) is 92.9 Å². The van der Waals surface area contributed by atoms with Crippen molar-refractivity contribution in [1.82, 2.24) is 9.80 Å². The minimum absolute atomic E-state index is 0.380. The summed E-state index contributed by atoms with van der Waals surface area (Å²) in [6.45, 7) is 33.9. The second kappa shape index (κ2) is 7.72. The van der Waals surface area contributed by atoms with Crippen molar-refractivity contribution in [3.63, 3.8) is 0 Å². The molecular formula is C29H56N2. The molecule has 2 nitrogen and oxygen atoms in total. The molecule has 1 atom stereocenters. The van der Waals surface area contributed by atoms with Gasteiger partial charge in [-0.25, -0.2) is 0 Å². The van der Waals surface area contributed by atoms with Crippen LogP contribution in [0.25, 0.3) is 0 Å². The second-order valence-electron chi connectivity index (χ2n) is 16.3. The highest BCUT2D eigenvalue weighted by Crippen LogP contribution is 2.58. The van der Waals surface area contributed by atoms with Crippen LogP contribution in [0.3, 0.4) is 0 Å². The Bertz CT molecular complexity index is 584. The number of hydrogen-bond donors (Lipinski definition) is 0. The van der Waals surface area contributed by atoms with E-state index in [1.807, 2.05) is 0 Å². The van der Waals surface area contributed by atoms with Crippen LogP contribution in [0.15, 0.2) is 0 Å². The average Bonchev–Trinajstić information content (AvgIpc) is 2.84. The molecule has 4 fully saturated rings. The number of rotatable bonds is 0. The van der Waals surface area contributed by atoms with Crippen LogP contribution in [-0.2, 0) is 0 Å². The van der Waals surface area contributed by atoms with Gasteiger partial charge in [0.2, 0.25) is 0 Å². The molecule has 2 aliphatic heterocycles. The van der Waals surface area contributed by atoms with Crippen LogP contribution in [0.2, 0.25) is 0 Å². The molecule has 31 heavy (non-hydrogen) atoms. The fourth-order valence-electron chi connectivity index (χ4n) is 6.57. The second-order valence-corrected chi connectivity index (χ2v) is 16.3. The Balaban J connectivity index is 0.000000176. The van der Waals surface area contributed by atoms with Gasteiger partial charge in [0, 0.05) is 37.3 Å². The summed E-state index contributed by atoms with van der Waals surface area (Å²) < 4.78 is 0. The largest absolute Gasteiger partial charge is 0.297 e. The molecule has 4 rings (SSSR count). The van der Waals surface area contributed by atoms with Gasteiger partial charge >= 0.3 is 0 Å². The molecule has 0 aromatic carbocycles. The van der Waals surface area contributed by atoms with Gasteiger partial charge in [0.25, 0.3) is 0 Å². The Kier molecular flexibility index (Phi) is 6.36. The van der Waals surface area contributed by atoms with Crippen molar-refractivity contribution in [2.45, 2.75) is 126 Å². The number of nitrogens with zero attached hydrogens (tertiary/aromatic N) is 2. The molecular weight excluding hydrogens is 376 g/mol. The summed E-state index contributed by atoms with van der Waals surface area (Å²) in [4.78, 5) is 5.28. The number of likely N-dealkylation sites (tertiary alicyclic amines) is 2. The molecule has 182 valence electrons. The first-order valence-electron chi connectivity index (χ1n) is 13.3. The van der Waals surface area contributed by atoms with E-state index < -0.39 is 0 Å². The van der Waals surface area contributed by atoms with Crippen LogP contribution in [0.4, 0.5) is 0 Å². The topological polar surface area (TPSA) is 6.48 Å². The molecule has 2 heterocycles. The van der Waals surface area contributed by atoms with Crippen molar-refractivity contribution >= 4 is 0 Å². The highest BCUT2D eigenvalue weighted by atomic mass is 15.3. The number of hydrogen-bond acceptors (Lipinski definition) is 2. The fourth-order valence-corrected chi connectivity index (χ4v) is 6.57. The van der Waals surface area contributed by atoms with E-state index in [9.17, 15) is 0 Å². The molecule has 2 saturated heterocycles. The fraction of sp³-hybridized carbons (Fsp3) is 1.00. The van der Waals surface area contributed by atoms with Gasteiger partial charge in [-0.05, 0) is 107 Å². The van der Waals surface area contributed by atoms with E-state index >= 15 is 0 Å². The van der Waals surface area contributed by atoms with Crippen LogP contribution >= 0.6 is 0 Å². The Morgan fingerprint density at radius 1 is 0.516 bits per heavy atom. The maximum atomic E-state index is 2.65. The Morgan fingerprint density at radius 3 is 1.19 bits per heavy atom. The Hall–Kier alpha value is -0.0800. The first-order valence-corrected chi connectivity index (χ1v) is 13.3. The molecule has 2 saturated carbocycles. The molecule has 0 bridgehead atoms. The third kappa shape index (κ3) is 5.53. The highest BCUT2D eigenvalue weighted by Gasteiger charge is 2.56. The first-order chi connectivity index (χ1) is 13.7. The smallest absolute Gasteiger partial charge is 0.0125 e.